The van der Waals surface area contributed by atoms with E-state index >= 15 is 0 Å². The second-order valence-corrected chi connectivity index (χ2v) is 5.26. The molecule has 0 spiro atoms. The predicted molar refractivity (Wildman–Crippen MR) is 63.8 cm³/mol. The van der Waals surface area contributed by atoms with E-state index in [1.807, 2.05) is 24.3 Å². The van der Waals surface area contributed by atoms with Gasteiger partial charge in [0.05, 0.1) is 0 Å². The SMILES string of the molecule is CC(=O)c1ccc(SSCCN)cc1. The van der Waals surface area contributed by atoms with Crippen LogP contribution in [0.5, 0.6) is 0 Å². The first-order valence-electron chi connectivity index (χ1n) is 4.34. The van der Waals surface area contributed by atoms with Gasteiger partial charge in [-0.2, -0.15) is 0 Å². The second-order valence-electron chi connectivity index (χ2n) is 2.77. The maximum absolute atomic E-state index is 11.0. The molecule has 1 aromatic carbocycles. The summed E-state index contributed by atoms with van der Waals surface area (Å²) in [5.41, 5.74) is 6.14. The molecule has 0 heterocycles. The fourth-order valence-electron chi connectivity index (χ4n) is 0.903. The second kappa shape index (κ2) is 6.11. The van der Waals surface area contributed by atoms with Gasteiger partial charge in [-0.05, 0) is 19.1 Å². The zero-order chi connectivity index (χ0) is 10.4. The molecule has 0 atom stereocenters. The molecule has 0 aliphatic carbocycles. The van der Waals surface area contributed by atoms with Gasteiger partial charge in [0.25, 0.3) is 0 Å². The lowest BCUT2D eigenvalue weighted by Gasteiger charge is -2.00. The van der Waals surface area contributed by atoms with Crippen LogP contribution >= 0.6 is 21.6 Å². The number of hydrogen-bond acceptors (Lipinski definition) is 4. The van der Waals surface area contributed by atoms with Crippen molar-refractivity contribution in [3.8, 4) is 0 Å². The molecular weight excluding hydrogens is 214 g/mol. The Kier molecular flexibility index (Phi) is 5.07. The normalized spacial score (nSPS) is 10.1. The third-order valence-electron chi connectivity index (χ3n) is 1.62. The van der Waals surface area contributed by atoms with Crippen molar-refractivity contribution in [3.05, 3.63) is 29.8 Å². The third kappa shape index (κ3) is 3.74. The summed E-state index contributed by atoms with van der Waals surface area (Å²) in [6.45, 7) is 2.27. The molecule has 1 aromatic rings. The number of rotatable bonds is 5. The van der Waals surface area contributed by atoms with Crippen molar-refractivity contribution in [2.24, 2.45) is 5.73 Å². The summed E-state index contributed by atoms with van der Waals surface area (Å²) in [6, 6.07) is 7.64. The van der Waals surface area contributed by atoms with Crippen LogP contribution in [0.4, 0.5) is 0 Å². The molecule has 14 heavy (non-hydrogen) atoms. The number of carbonyl (C=O) groups excluding carboxylic acids is 1. The van der Waals surface area contributed by atoms with Gasteiger partial charge < -0.3 is 5.73 Å². The molecule has 0 amide bonds. The Morgan fingerprint density at radius 3 is 2.50 bits per heavy atom. The fourth-order valence-corrected chi connectivity index (χ4v) is 2.75. The lowest BCUT2D eigenvalue weighted by molar-refractivity contribution is 0.101. The molecule has 0 unspecified atom stereocenters. The van der Waals surface area contributed by atoms with E-state index < -0.39 is 0 Å². The van der Waals surface area contributed by atoms with Crippen molar-refractivity contribution >= 4 is 27.4 Å². The Morgan fingerprint density at radius 2 is 2.00 bits per heavy atom. The van der Waals surface area contributed by atoms with Crippen LogP contribution in [-0.4, -0.2) is 18.1 Å². The smallest absolute Gasteiger partial charge is 0.159 e. The average molecular weight is 227 g/mol. The van der Waals surface area contributed by atoms with Gasteiger partial charge >= 0.3 is 0 Å². The summed E-state index contributed by atoms with van der Waals surface area (Å²) in [7, 11) is 3.42. The lowest BCUT2D eigenvalue weighted by Crippen LogP contribution is -1.99. The molecule has 4 heteroatoms. The van der Waals surface area contributed by atoms with Gasteiger partial charge in [-0.3, -0.25) is 4.79 Å². The van der Waals surface area contributed by atoms with Crippen LogP contribution in [-0.2, 0) is 0 Å². The predicted octanol–water partition coefficient (Wildman–Crippen LogP) is 2.59. The van der Waals surface area contributed by atoms with Crippen LogP contribution in [0, 0.1) is 0 Å². The summed E-state index contributed by atoms with van der Waals surface area (Å²) in [5, 5.41) is 0. The lowest BCUT2D eigenvalue weighted by atomic mass is 10.2. The number of nitrogens with two attached hydrogens (primary N) is 1. The highest BCUT2D eigenvalue weighted by Crippen LogP contribution is 2.30. The van der Waals surface area contributed by atoms with Crippen LogP contribution in [0.3, 0.4) is 0 Å². The van der Waals surface area contributed by atoms with Gasteiger partial charge in [0.2, 0.25) is 0 Å². The molecule has 0 fully saturated rings. The van der Waals surface area contributed by atoms with Crippen molar-refractivity contribution < 1.29 is 4.79 Å². The molecular formula is C10H13NOS2. The van der Waals surface area contributed by atoms with Gasteiger partial charge in [0, 0.05) is 22.8 Å². The first-order valence-corrected chi connectivity index (χ1v) is 6.66. The van der Waals surface area contributed by atoms with E-state index in [0.717, 1.165) is 16.2 Å². The molecule has 76 valence electrons. The molecule has 0 radical (unpaired) electrons. The van der Waals surface area contributed by atoms with Gasteiger partial charge in [-0.1, -0.05) is 33.7 Å². The maximum Gasteiger partial charge on any atom is 0.159 e. The Hall–Kier alpha value is -0.450. The molecule has 0 aromatic heterocycles. The monoisotopic (exact) mass is 227 g/mol. The van der Waals surface area contributed by atoms with E-state index in [1.165, 1.54) is 0 Å². The minimum Gasteiger partial charge on any atom is -0.330 e. The number of benzene rings is 1. The van der Waals surface area contributed by atoms with E-state index in [2.05, 4.69) is 0 Å². The number of carbonyl (C=O) groups is 1. The summed E-state index contributed by atoms with van der Waals surface area (Å²) in [5.74, 6) is 1.05. The topological polar surface area (TPSA) is 43.1 Å². The van der Waals surface area contributed by atoms with Crippen LogP contribution in [0.1, 0.15) is 17.3 Å². The molecule has 1 rings (SSSR count). The van der Waals surface area contributed by atoms with Gasteiger partial charge in [-0.15, -0.1) is 0 Å². The van der Waals surface area contributed by atoms with Crippen molar-refractivity contribution in [3.63, 3.8) is 0 Å². The molecule has 2 N–H and O–H groups in total. The molecule has 0 saturated heterocycles. The van der Waals surface area contributed by atoms with Crippen molar-refractivity contribution in [2.45, 2.75) is 11.8 Å². The minimum absolute atomic E-state index is 0.108. The van der Waals surface area contributed by atoms with Crippen LogP contribution in [0.25, 0.3) is 0 Å². The number of hydrogen-bond donors (Lipinski definition) is 1. The Bertz CT molecular complexity index is 297. The van der Waals surface area contributed by atoms with Gasteiger partial charge in [0.1, 0.15) is 0 Å². The molecule has 2 nitrogen and oxygen atoms in total. The summed E-state index contributed by atoms with van der Waals surface area (Å²) >= 11 is 0. The number of ketones is 1. The summed E-state index contributed by atoms with van der Waals surface area (Å²) in [4.78, 5) is 12.1. The van der Waals surface area contributed by atoms with E-state index in [0.29, 0.717) is 6.54 Å². The first-order chi connectivity index (χ1) is 6.74. The number of Topliss-reactive ketones (excluding diaryl/α,β-unsaturated/α-hetero) is 1. The fraction of sp³-hybridized carbons (Fsp3) is 0.300. The molecule has 0 saturated carbocycles. The van der Waals surface area contributed by atoms with Crippen LogP contribution in [0.15, 0.2) is 29.2 Å². The van der Waals surface area contributed by atoms with Crippen molar-refractivity contribution in [1.29, 1.82) is 0 Å². The highest BCUT2D eigenvalue weighted by molar-refractivity contribution is 8.76. The Balaban J connectivity index is 2.51. The van der Waals surface area contributed by atoms with E-state index in [9.17, 15) is 4.79 Å². The quantitative estimate of drug-likeness (QED) is 0.477. The zero-order valence-electron chi connectivity index (χ0n) is 8.03. The van der Waals surface area contributed by atoms with Crippen LogP contribution < -0.4 is 5.73 Å². The van der Waals surface area contributed by atoms with E-state index in [1.54, 1.807) is 28.5 Å². The molecule has 0 bridgehead atoms. The molecule has 0 aliphatic rings. The zero-order valence-corrected chi connectivity index (χ0v) is 9.66. The maximum atomic E-state index is 11.0. The van der Waals surface area contributed by atoms with Gasteiger partial charge in [-0.25, -0.2) is 0 Å². The van der Waals surface area contributed by atoms with Crippen molar-refractivity contribution in [1.82, 2.24) is 0 Å². The highest BCUT2D eigenvalue weighted by atomic mass is 33.1. The minimum atomic E-state index is 0.108. The summed E-state index contributed by atoms with van der Waals surface area (Å²) in [6.07, 6.45) is 0. The van der Waals surface area contributed by atoms with Crippen LogP contribution in [0.2, 0.25) is 0 Å². The summed E-state index contributed by atoms with van der Waals surface area (Å²) < 4.78 is 0. The standard InChI is InChI=1S/C10H13NOS2/c1-8(12)9-2-4-10(5-3-9)14-13-7-6-11/h2-5H,6-7,11H2,1H3. The Morgan fingerprint density at radius 1 is 1.36 bits per heavy atom. The highest BCUT2D eigenvalue weighted by Gasteiger charge is 1.99. The third-order valence-corrected chi connectivity index (χ3v) is 4.03. The molecule has 0 aliphatic heterocycles. The average Bonchev–Trinajstić information content (AvgIpc) is 2.19. The largest absolute Gasteiger partial charge is 0.330 e. The Labute approximate surface area is 92.0 Å². The van der Waals surface area contributed by atoms with Crippen molar-refractivity contribution in [2.75, 3.05) is 12.3 Å². The van der Waals surface area contributed by atoms with E-state index in [4.69, 9.17) is 5.73 Å². The van der Waals surface area contributed by atoms with Gasteiger partial charge in [0.15, 0.2) is 5.78 Å². The van der Waals surface area contributed by atoms with E-state index in [-0.39, 0.29) is 5.78 Å². The first kappa shape index (κ1) is 11.6.